The van der Waals surface area contributed by atoms with E-state index in [4.69, 9.17) is 4.74 Å². The van der Waals surface area contributed by atoms with Crippen LogP contribution in [0.15, 0.2) is 41.1 Å². The summed E-state index contributed by atoms with van der Waals surface area (Å²) >= 11 is 0. The molecule has 0 aliphatic carbocycles. The van der Waals surface area contributed by atoms with Crippen molar-refractivity contribution in [1.29, 1.82) is 0 Å². The van der Waals surface area contributed by atoms with Gasteiger partial charge in [0, 0.05) is 24.9 Å². The maximum Gasteiger partial charge on any atom is 0.283 e. The van der Waals surface area contributed by atoms with Crippen LogP contribution in [-0.4, -0.2) is 30.3 Å². The molecule has 3 rings (SSSR count). The van der Waals surface area contributed by atoms with Gasteiger partial charge in [0.15, 0.2) is 12.1 Å². The van der Waals surface area contributed by atoms with Crippen molar-refractivity contribution in [3.8, 4) is 0 Å². The lowest BCUT2D eigenvalue weighted by atomic mass is 10.1. The standard InChI is InChI=1S/C15H15FN2O3/c16-13-10-21-17-14(13)15(19)18(11-4-2-1-3-5-11)12-6-8-20-9-7-12/h1-5,10,12H,6-9H2. The molecule has 0 N–H and O–H groups in total. The Morgan fingerprint density at radius 2 is 1.95 bits per heavy atom. The summed E-state index contributed by atoms with van der Waals surface area (Å²) in [7, 11) is 0. The van der Waals surface area contributed by atoms with Crippen LogP contribution < -0.4 is 4.90 Å². The summed E-state index contributed by atoms with van der Waals surface area (Å²) in [4.78, 5) is 14.2. The number of carbonyl (C=O) groups excluding carboxylic acids is 1. The molecular formula is C15H15FN2O3. The number of ether oxygens (including phenoxy) is 1. The number of anilines is 1. The number of amides is 1. The van der Waals surface area contributed by atoms with Crippen molar-refractivity contribution in [2.24, 2.45) is 0 Å². The molecule has 1 saturated heterocycles. The minimum Gasteiger partial charge on any atom is -0.381 e. The molecule has 0 saturated carbocycles. The summed E-state index contributed by atoms with van der Waals surface area (Å²) in [6.45, 7) is 1.17. The van der Waals surface area contributed by atoms with E-state index in [-0.39, 0.29) is 11.7 Å². The van der Waals surface area contributed by atoms with Crippen LogP contribution >= 0.6 is 0 Å². The molecule has 6 heteroatoms. The van der Waals surface area contributed by atoms with Crippen LogP contribution in [0.5, 0.6) is 0 Å². The van der Waals surface area contributed by atoms with Crippen LogP contribution in [0.4, 0.5) is 10.1 Å². The van der Waals surface area contributed by atoms with Crippen molar-refractivity contribution < 1.29 is 18.4 Å². The van der Waals surface area contributed by atoms with Gasteiger partial charge in [-0.1, -0.05) is 23.4 Å². The topological polar surface area (TPSA) is 55.6 Å². The molecule has 1 aromatic heterocycles. The molecule has 0 atom stereocenters. The zero-order valence-electron chi connectivity index (χ0n) is 11.4. The van der Waals surface area contributed by atoms with Gasteiger partial charge in [-0.15, -0.1) is 0 Å². The number of nitrogens with zero attached hydrogens (tertiary/aromatic N) is 2. The highest BCUT2D eigenvalue weighted by atomic mass is 19.1. The Morgan fingerprint density at radius 1 is 1.24 bits per heavy atom. The highest BCUT2D eigenvalue weighted by Gasteiger charge is 2.31. The molecule has 1 aromatic carbocycles. The quantitative estimate of drug-likeness (QED) is 0.872. The zero-order chi connectivity index (χ0) is 14.7. The van der Waals surface area contributed by atoms with Gasteiger partial charge in [0.1, 0.15) is 0 Å². The number of aromatic nitrogens is 1. The molecule has 5 nitrogen and oxygen atoms in total. The second kappa shape index (κ2) is 6.05. The second-order valence-corrected chi connectivity index (χ2v) is 4.87. The Morgan fingerprint density at radius 3 is 2.57 bits per heavy atom. The second-order valence-electron chi connectivity index (χ2n) is 4.87. The largest absolute Gasteiger partial charge is 0.381 e. The first-order valence-electron chi connectivity index (χ1n) is 6.83. The summed E-state index contributed by atoms with van der Waals surface area (Å²) in [5, 5.41) is 3.48. The van der Waals surface area contributed by atoms with Gasteiger partial charge in [0.2, 0.25) is 5.69 Å². The first kappa shape index (κ1) is 13.8. The summed E-state index contributed by atoms with van der Waals surface area (Å²) in [6.07, 6.45) is 2.25. The minimum atomic E-state index is -0.743. The first-order chi connectivity index (χ1) is 10.3. The summed E-state index contributed by atoms with van der Waals surface area (Å²) in [5.74, 6) is -1.23. The molecule has 0 spiro atoms. The summed E-state index contributed by atoms with van der Waals surface area (Å²) in [5.41, 5.74) is 0.433. The van der Waals surface area contributed by atoms with Crippen molar-refractivity contribution >= 4 is 11.6 Å². The van der Waals surface area contributed by atoms with Gasteiger partial charge in [-0.3, -0.25) is 4.79 Å². The number of para-hydroxylation sites is 1. The summed E-state index contributed by atoms with van der Waals surface area (Å²) in [6, 6.07) is 9.16. The lowest BCUT2D eigenvalue weighted by Crippen LogP contribution is -2.44. The number of halogens is 1. The highest BCUT2D eigenvalue weighted by molar-refractivity contribution is 6.05. The van der Waals surface area contributed by atoms with Crippen molar-refractivity contribution in [2.45, 2.75) is 18.9 Å². The molecule has 0 bridgehead atoms. The molecule has 21 heavy (non-hydrogen) atoms. The van der Waals surface area contributed by atoms with Crippen molar-refractivity contribution in [3.63, 3.8) is 0 Å². The smallest absolute Gasteiger partial charge is 0.283 e. The third kappa shape index (κ3) is 2.80. The maximum absolute atomic E-state index is 13.6. The van der Waals surface area contributed by atoms with Gasteiger partial charge in [0.05, 0.1) is 0 Å². The molecular weight excluding hydrogens is 275 g/mol. The minimum absolute atomic E-state index is 0.0373. The molecule has 2 heterocycles. The van der Waals surface area contributed by atoms with E-state index in [9.17, 15) is 9.18 Å². The number of benzene rings is 1. The lowest BCUT2D eigenvalue weighted by molar-refractivity contribution is 0.0767. The van der Waals surface area contributed by atoms with E-state index in [2.05, 4.69) is 9.68 Å². The fourth-order valence-electron chi connectivity index (χ4n) is 2.51. The van der Waals surface area contributed by atoms with E-state index in [0.717, 1.165) is 12.0 Å². The number of hydrogen-bond acceptors (Lipinski definition) is 4. The van der Waals surface area contributed by atoms with Gasteiger partial charge >= 0.3 is 0 Å². The van der Waals surface area contributed by atoms with Crippen LogP contribution in [0.3, 0.4) is 0 Å². The molecule has 1 amide bonds. The van der Waals surface area contributed by atoms with Gasteiger partial charge in [-0.25, -0.2) is 4.39 Å². The average Bonchev–Trinajstić information content (AvgIpc) is 2.96. The predicted molar refractivity (Wildman–Crippen MR) is 73.6 cm³/mol. The number of hydrogen-bond donors (Lipinski definition) is 0. The highest BCUT2D eigenvalue weighted by Crippen LogP contribution is 2.25. The Bertz CT molecular complexity index is 608. The van der Waals surface area contributed by atoms with Crippen molar-refractivity contribution in [1.82, 2.24) is 5.16 Å². The number of carbonyl (C=O) groups is 1. The fraction of sp³-hybridized carbons (Fsp3) is 0.333. The Kier molecular flexibility index (Phi) is 3.96. The number of rotatable bonds is 3. The predicted octanol–water partition coefficient (Wildman–Crippen LogP) is 2.64. The molecule has 110 valence electrons. The monoisotopic (exact) mass is 290 g/mol. The van der Waals surface area contributed by atoms with Crippen LogP contribution in [0.25, 0.3) is 0 Å². The van der Waals surface area contributed by atoms with Crippen LogP contribution in [-0.2, 0) is 4.74 Å². The molecule has 0 unspecified atom stereocenters. The van der Waals surface area contributed by atoms with E-state index in [1.165, 1.54) is 0 Å². The van der Waals surface area contributed by atoms with E-state index in [0.29, 0.717) is 26.1 Å². The molecule has 0 radical (unpaired) electrons. The van der Waals surface area contributed by atoms with Gasteiger partial charge in [0.25, 0.3) is 5.91 Å². The lowest BCUT2D eigenvalue weighted by Gasteiger charge is -2.33. The van der Waals surface area contributed by atoms with Crippen LogP contribution in [0, 0.1) is 5.82 Å². The Labute approximate surface area is 121 Å². The van der Waals surface area contributed by atoms with Crippen molar-refractivity contribution in [2.75, 3.05) is 18.1 Å². The Hall–Kier alpha value is -2.21. The molecule has 1 aliphatic rings. The third-order valence-corrected chi connectivity index (χ3v) is 3.54. The fourth-order valence-corrected chi connectivity index (χ4v) is 2.51. The molecule has 1 fully saturated rings. The zero-order valence-corrected chi connectivity index (χ0v) is 11.4. The van der Waals surface area contributed by atoms with Gasteiger partial charge < -0.3 is 14.2 Å². The van der Waals surface area contributed by atoms with E-state index < -0.39 is 11.7 Å². The molecule has 2 aromatic rings. The first-order valence-corrected chi connectivity index (χ1v) is 6.83. The SMILES string of the molecule is O=C(c1nocc1F)N(c1ccccc1)C1CCOCC1. The van der Waals surface area contributed by atoms with E-state index in [1.807, 2.05) is 30.3 Å². The summed E-state index contributed by atoms with van der Waals surface area (Å²) < 4.78 is 23.5. The normalized spacial score (nSPS) is 15.9. The average molecular weight is 290 g/mol. The third-order valence-electron chi connectivity index (χ3n) is 3.54. The van der Waals surface area contributed by atoms with Gasteiger partial charge in [-0.05, 0) is 25.0 Å². The van der Waals surface area contributed by atoms with E-state index >= 15 is 0 Å². The van der Waals surface area contributed by atoms with Crippen LogP contribution in [0.1, 0.15) is 23.3 Å². The molecule has 1 aliphatic heterocycles. The maximum atomic E-state index is 13.6. The van der Waals surface area contributed by atoms with E-state index in [1.54, 1.807) is 4.90 Å². The van der Waals surface area contributed by atoms with Crippen molar-refractivity contribution in [3.05, 3.63) is 48.1 Å². The Balaban J connectivity index is 1.96. The van der Waals surface area contributed by atoms with Crippen LogP contribution in [0.2, 0.25) is 0 Å². The van der Waals surface area contributed by atoms with Gasteiger partial charge in [-0.2, -0.15) is 0 Å².